The van der Waals surface area contributed by atoms with Gasteiger partial charge >= 0.3 is 0 Å². The molecule has 0 radical (unpaired) electrons. The monoisotopic (exact) mass is 408 g/mol. The molecule has 1 saturated carbocycles. The van der Waals surface area contributed by atoms with Gasteiger partial charge in [0, 0.05) is 31.2 Å². The summed E-state index contributed by atoms with van der Waals surface area (Å²) >= 11 is 0. The van der Waals surface area contributed by atoms with Crippen molar-refractivity contribution in [1.29, 1.82) is 0 Å². The van der Waals surface area contributed by atoms with Gasteiger partial charge in [0.2, 0.25) is 0 Å². The minimum Gasteiger partial charge on any atom is -0.342 e. The first kappa shape index (κ1) is 19.2. The molecular weight excluding hydrogens is 383 g/mol. The van der Waals surface area contributed by atoms with E-state index < -0.39 is 5.91 Å². The molecule has 0 atom stereocenters. The summed E-state index contributed by atoms with van der Waals surface area (Å²) < 4.78 is 15.4. The Labute approximate surface area is 174 Å². The van der Waals surface area contributed by atoms with Crippen LogP contribution in [0.5, 0.6) is 0 Å². The summed E-state index contributed by atoms with van der Waals surface area (Å²) in [5.41, 5.74) is 4.10. The first-order chi connectivity index (χ1) is 14.5. The Morgan fingerprint density at radius 3 is 2.73 bits per heavy atom. The lowest BCUT2D eigenvalue weighted by molar-refractivity contribution is -0.0606. The summed E-state index contributed by atoms with van der Waals surface area (Å²) in [6.45, 7) is 2.52. The van der Waals surface area contributed by atoms with E-state index in [-0.39, 0.29) is 12.4 Å². The van der Waals surface area contributed by atoms with Gasteiger partial charge in [-0.1, -0.05) is 12.1 Å². The van der Waals surface area contributed by atoms with Crippen molar-refractivity contribution < 1.29 is 14.4 Å². The standard InChI is InChI=1S/C23H25FN4O2/c1-26(12-15-2-3-15)14-20-22-19(18-9-11-28(30)23(29)21(18)25-20)8-10-27(22)13-16-4-6-17(24)7-5-16/h4-8,10,15,30H,2-3,9,11-14H2,1H3. The predicted octanol–water partition coefficient (Wildman–Crippen LogP) is 3.45. The fraction of sp³-hybridized carbons (Fsp3) is 0.391. The Hall–Kier alpha value is -2.77. The SMILES string of the molecule is CN(Cc1nc2c(c3ccn(Cc4ccc(F)cc4)c13)CCN(O)C2=O)CC1CC1. The summed E-state index contributed by atoms with van der Waals surface area (Å²) in [5.74, 6) is 0.0699. The van der Waals surface area contributed by atoms with E-state index in [2.05, 4.69) is 16.5 Å². The molecule has 1 aliphatic heterocycles. The molecule has 156 valence electrons. The third kappa shape index (κ3) is 3.59. The predicted molar refractivity (Wildman–Crippen MR) is 111 cm³/mol. The Balaban J connectivity index is 1.59. The number of benzene rings is 1. The van der Waals surface area contributed by atoms with Gasteiger partial charge in [0.25, 0.3) is 5.91 Å². The van der Waals surface area contributed by atoms with Gasteiger partial charge in [0.15, 0.2) is 0 Å². The number of amides is 1. The summed E-state index contributed by atoms with van der Waals surface area (Å²) in [5, 5.41) is 11.7. The molecule has 0 unspecified atom stereocenters. The number of fused-ring (bicyclic) bond motifs is 3. The van der Waals surface area contributed by atoms with Crippen LogP contribution < -0.4 is 0 Å². The molecule has 2 aliphatic rings. The second-order valence-corrected chi connectivity index (χ2v) is 8.54. The van der Waals surface area contributed by atoms with E-state index in [1.807, 2.05) is 12.3 Å². The van der Waals surface area contributed by atoms with Gasteiger partial charge in [-0.25, -0.2) is 14.4 Å². The molecular formula is C23H25FN4O2. The van der Waals surface area contributed by atoms with Crippen LogP contribution in [0.25, 0.3) is 10.9 Å². The van der Waals surface area contributed by atoms with Gasteiger partial charge in [-0.05, 0) is 61.6 Å². The maximum Gasteiger partial charge on any atom is 0.296 e. The van der Waals surface area contributed by atoms with Crippen molar-refractivity contribution in [2.75, 3.05) is 20.1 Å². The number of pyridine rings is 1. The second-order valence-electron chi connectivity index (χ2n) is 8.54. The molecule has 5 rings (SSSR count). The zero-order valence-electron chi connectivity index (χ0n) is 17.0. The zero-order chi connectivity index (χ0) is 20.8. The van der Waals surface area contributed by atoms with E-state index in [0.717, 1.165) is 45.2 Å². The lowest BCUT2D eigenvalue weighted by atomic mass is 10.00. The third-order valence-electron chi connectivity index (χ3n) is 6.06. The number of rotatable bonds is 6. The summed E-state index contributed by atoms with van der Waals surface area (Å²) in [7, 11) is 2.08. The lowest BCUT2D eigenvalue weighted by Crippen LogP contribution is -2.36. The Morgan fingerprint density at radius 2 is 2.00 bits per heavy atom. The minimum absolute atomic E-state index is 0.249. The largest absolute Gasteiger partial charge is 0.342 e. The Kier molecular flexibility index (Phi) is 4.79. The van der Waals surface area contributed by atoms with Crippen molar-refractivity contribution in [3.05, 3.63) is 64.9 Å². The molecule has 7 heteroatoms. The summed E-state index contributed by atoms with van der Waals surface area (Å²) in [6.07, 6.45) is 5.13. The summed E-state index contributed by atoms with van der Waals surface area (Å²) in [6, 6.07) is 8.56. The van der Waals surface area contributed by atoms with E-state index in [1.54, 1.807) is 12.1 Å². The van der Waals surface area contributed by atoms with Crippen LogP contribution in [0.4, 0.5) is 4.39 Å². The van der Waals surface area contributed by atoms with Crippen LogP contribution in [-0.4, -0.2) is 50.8 Å². The van der Waals surface area contributed by atoms with Crippen molar-refractivity contribution in [3.63, 3.8) is 0 Å². The average Bonchev–Trinajstić information content (AvgIpc) is 3.43. The number of nitrogens with zero attached hydrogens (tertiary/aromatic N) is 4. The van der Waals surface area contributed by atoms with Crippen LogP contribution in [0.15, 0.2) is 36.5 Å². The Bertz CT molecular complexity index is 1100. The van der Waals surface area contributed by atoms with Gasteiger partial charge < -0.3 is 9.47 Å². The molecule has 1 N–H and O–H groups in total. The van der Waals surface area contributed by atoms with Gasteiger partial charge in [-0.15, -0.1) is 0 Å². The van der Waals surface area contributed by atoms with Gasteiger partial charge in [-0.2, -0.15) is 0 Å². The topological polar surface area (TPSA) is 61.6 Å². The number of hydrogen-bond acceptors (Lipinski definition) is 4. The summed E-state index contributed by atoms with van der Waals surface area (Å²) in [4.78, 5) is 19.6. The molecule has 0 spiro atoms. The zero-order valence-corrected chi connectivity index (χ0v) is 17.0. The van der Waals surface area contributed by atoms with Gasteiger partial charge in [0.1, 0.15) is 11.5 Å². The van der Waals surface area contributed by atoms with Crippen LogP contribution >= 0.6 is 0 Å². The molecule has 1 fully saturated rings. The van der Waals surface area contributed by atoms with Gasteiger partial charge in [-0.3, -0.25) is 10.0 Å². The van der Waals surface area contributed by atoms with Crippen LogP contribution in [-0.2, 0) is 19.5 Å². The molecule has 1 aliphatic carbocycles. The molecule has 0 bridgehead atoms. The van der Waals surface area contributed by atoms with Crippen molar-refractivity contribution in [2.45, 2.75) is 32.4 Å². The maximum absolute atomic E-state index is 13.3. The molecule has 3 aromatic rings. The normalized spacial score (nSPS) is 16.5. The van der Waals surface area contributed by atoms with E-state index in [1.165, 1.54) is 25.0 Å². The smallest absolute Gasteiger partial charge is 0.296 e. The first-order valence-corrected chi connectivity index (χ1v) is 10.4. The molecule has 6 nitrogen and oxygen atoms in total. The number of hydroxylamine groups is 2. The lowest BCUT2D eigenvalue weighted by Gasteiger charge is -2.25. The van der Waals surface area contributed by atoms with Crippen LogP contribution in [0.2, 0.25) is 0 Å². The van der Waals surface area contributed by atoms with E-state index in [4.69, 9.17) is 4.98 Å². The quantitative estimate of drug-likeness (QED) is 0.635. The molecule has 1 aromatic carbocycles. The maximum atomic E-state index is 13.3. The fourth-order valence-corrected chi connectivity index (χ4v) is 4.38. The van der Waals surface area contributed by atoms with E-state index in [9.17, 15) is 14.4 Å². The molecule has 0 saturated heterocycles. The van der Waals surface area contributed by atoms with Crippen LogP contribution in [0.3, 0.4) is 0 Å². The van der Waals surface area contributed by atoms with Crippen LogP contribution in [0.1, 0.15) is 40.2 Å². The van der Waals surface area contributed by atoms with Gasteiger partial charge in [0.05, 0.1) is 17.8 Å². The highest BCUT2D eigenvalue weighted by atomic mass is 19.1. The number of hydrogen-bond donors (Lipinski definition) is 1. The highest BCUT2D eigenvalue weighted by molar-refractivity contribution is 6.00. The minimum atomic E-state index is -0.435. The number of carbonyl (C=O) groups is 1. The second kappa shape index (κ2) is 7.49. The fourth-order valence-electron chi connectivity index (χ4n) is 4.38. The highest BCUT2D eigenvalue weighted by Crippen LogP contribution is 2.32. The van der Waals surface area contributed by atoms with Crippen molar-refractivity contribution in [1.82, 2.24) is 19.5 Å². The first-order valence-electron chi connectivity index (χ1n) is 10.4. The molecule has 2 aromatic heterocycles. The number of halogens is 1. The third-order valence-corrected chi connectivity index (χ3v) is 6.06. The Morgan fingerprint density at radius 1 is 1.23 bits per heavy atom. The number of aromatic nitrogens is 2. The van der Waals surface area contributed by atoms with E-state index in [0.29, 0.717) is 25.2 Å². The highest BCUT2D eigenvalue weighted by Gasteiger charge is 2.30. The van der Waals surface area contributed by atoms with E-state index >= 15 is 0 Å². The molecule has 30 heavy (non-hydrogen) atoms. The molecule has 3 heterocycles. The van der Waals surface area contributed by atoms with Crippen LogP contribution in [0, 0.1) is 11.7 Å². The van der Waals surface area contributed by atoms with Crippen molar-refractivity contribution in [3.8, 4) is 0 Å². The van der Waals surface area contributed by atoms with Crippen molar-refractivity contribution >= 4 is 16.8 Å². The average molecular weight is 408 g/mol. The molecule has 1 amide bonds. The number of carbonyl (C=O) groups excluding carboxylic acids is 1. The van der Waals surface area contributed by atoms with Crippen molar-refractivity contribution in [2.24, 2.45) is 5.92 Å².